The summed E-state index contributed by atoms with van der Waals surface area (Å²) in [5, 5.41) is 2.96. The molecule has 94 valence electrons. The van der Waals surface area contributed by atoms with Gasteiger partial charge in [-0.1, -0.05) is 52.6 Å². The third-order valence-corrected chi connectivity index (χ3v) is 3.73. The SMILES string of the molecule is CCC(C)(C)CNC(=O)c1cc(Br)cc(Br)c1. The molecule has 0 saturated heterocycles. The Kier molecular flexibility index (Phi) is 5.20. The van der Waals surface area contributed by atoms with Crippen LogP contribution in [0.5, 0.6) is 0 Å². The predicted molar refractivity (Wildman–Crippen MR) is 78.2 cm³/mol. The minimum Gasteiger partial charge on any atom is -0.352 e. The van der Waals surface area contributed by atoms with Crippen LogP contribution in [0.1, 0.15) is 37.6 Å². The Bertz CT molecular complexity index is 396. The summed E-state index contributed by atoms with van der Waals surface area (Å²) in [5.74, 6) is -0.0338. The number of hydrogen-bond donors (Lipinski definition) is 1. The van der Waals surface area contributed by atoms with Gasteiger partial charge in [-0.25, -0.2) is 0 Å². The van der Waals surface area contributed by atoms with E-state index < -0.39 is 0 Å². The second kappa shape index (κ2) is 6.01. The molecule has 0 aliphatic heterocycles. The molecule has 0 radical (unpaired) electrons. The van der Waals surface area contributed by atoms with Gasteiger partial charge < -0.3 is 5.32 Å². The average molecular weight is 363 g/mol. The Hall–Kier alpha value is -0.350. The minimum absolute atomic E-state index is 0.0338. The molecule has 1 aromatic rings. The summed E-state index contributed by atoms with van der Waals surface area (Å²) in [4.78, 5) is 12.0. The zero-order chi connectivity index (χ0) is 13.1. The van der Waals surface area contributed by atoms with Crippen molar-refractivity contribution in [1.82, 2.24) is 5.32 Å². The van der Waals surface area contributed by atoms with Gasteiger partial charge in [0.2, 0.25) is 0 Å². The summed E-state index contributed by atoms with van der Waals surface area (Å²) in [6.45, 7) is 7.10. The molecular formula is C13H17Br2NO. The first-order valence-corrected chi connectivity index (χ1v) is 7.17. The van der Waals surface area contributed by atoms with E-state index in [1.54, 1.807) is 0 Å². The lowest BCUT2D eigenvalue weighted by Crippen LogP contribution is -2.33. The number of hydrogen-bond acceptors (Lipinski definition) is 1. The predicted octanol–water partition coefficient (Wildman–Crippen LogP) is 4.38. The first-order valence-electron chi connectivity index (χ1n) is 5.58. The molecule has 0 fully saturated rings. The fourth-order valence-corrected chi connectivity index (χ4v) is 2.53. The second-order valence-electron chi connectivity index (χ2n) is 4.86. The largest absolute Gasteiger partial charge is 0.352 e. The van der Waals surface area contributed by atoms with Crippen LogP contribution in [0, 0.1) is 5.41 Å². The molecule has 17 heavy (non-hydrogen) atoms. The van der Waals surface area contributed by atoms with E-state index in [1.807, 2.05) is 18.2 Å². The molecule has 0 bridgehead atoms. The van der Waals surface area contributed by atoms with Gasteiger partial charge >= 0.3 is 0 Å². The first-order chi connectivity index (χ1) is 7.84. The molecule has 0 atom stereocenters. The van der Waals surface area contributed by atoms with Crippen molar-refractivity contribution in [2.45, 2.75) is 27.2 Å². The van der Waals surface area contributed by atoms with Gasteiger partial charge in [-0.05, 0) is 30.0 Å². The highest BCUT2D eigenvalue weighted by Crippen LogP contribution is 2.21. The maximum absolute atomic E-state index is 12.0. The topological polar surface area (TPSA) is 29.1 Å². The lowest BCUT2D eigenvalue weighted by Gasteiger charge is -2.22. The van der Waals surface area contributed by atoms with Gasteiger partial charge in [-0.2, -0.15) is 0 Å². The van der Waals surface area contributed by atoms with Crippen molar-refractivity contribution in [3.63, 3.8) is 0 Å². The van der Waals surface area contributed by atoms with E-state index in [4.69, 9.17) is 0 Å². The lowest BCUT2D eigenvalue weighted by atomic mass is 9.90. The van der Waals surface area contributed by atoms with E-state index in [1.165, 1.54) is 0 Å². The number of halogens is 2. The van der Waals surface area contributed by atoms with E-state index in [0.717, 1.165) is 15.4 Å². The Morgan fingerprint density at radius 1 is 1.24 bits per heavy atom. The fraction of sp³-hybridized carbons (Fsp3) is 0.462. The molecular weight excluding hydrogens is 346 g/mol. The van der Waals surface area contributed by atoms with Gasteiger partial charge in [0.05, 0.1) is 0 Å². The van der Waals surface area contributed by atoms with Crippen LogP contribution in [0.3, 0.4) is 0 Å². The summed E-state index contributed by atoms with van der Waals surface area (Å²) in [5.41, 5.74) is 0.803. The van der Waals surface area contributed by atoms with Crippen LogP contribution in [0.25, 0.3) is 0 Å². The monoisotopic (exact) mass is 361 g/mol. The first kappa shape index (κ1) is 14.7. The quantitative estimate of drug-likeness (QED) is 0.846. The van der Waals surface area contributed by atoms with Crippen LogP contribution in [0.4, 0.5) is 0 Å². The Labute approximate surface area is 119 Å². The van der Waals surface area contributed by atoms with Crippen LogP contribution >= 0.6 is 31.9 Å². The maximum atomic E-state index is 12.0. The van der Waals surface area contributed by atoms with Gasteiger partial charge in [0.15, 0.2) is 0 Å². The molecule has 0 spiro atoms. The molecule has 0 heterocycles. The van der Waals surface area contributed by atoms with Gasteiger partial charge in [-0.15, -0.1) is 0 Å². The summed E-state index contributed by atoms with van der Waals surface area (Å²) in [6, 6.07) is 5.55. The second-order valence-corrected chi connectivity index (χ2v) is 6.69. The van der Waals surface area contributed by atoms with Gasteiger partial charge in [0.25, 0.3) is 5.91 Å². The van der Waals surface area contributed by atoms with E-state index in [9.17, 15) is 4.79 Å². The summed E-state index contributed by atoms with van der Waals surface area (Å²) in [6.07, 6.45) is 1.04. The van der Waals surface area contributed by atoms with Crippen LogP contribution < -0.4 is 5.32 Å². The summed E-state index contributed by atoms with van der Waals surface area (Å²) in [7, 11) is 0. The Morgan fingerprint density at radius 2 is 1.76 bits per heavy atom. The smallest absolute Gasteiger partial charge is 0.251 e. The Balaban J connectivity index is 2.70. The third kappa shape index (κ3) is 4.80. The molecule has 1 amide bonds. The fourth-order valence-electron chi connectivity index (χ4n) is 1.23. The molecule has 1 rings (SSSR count). The molecule has 0 unspecified atom stereocenters. The Morgan fingerprint density at radius 3 is 2.24 bits per heavy atom. The lowest BCUT2D eigenvalue weighted by molar-refractivity contribution is 0.0935. The van der Waals surface area contributed by atoms with Crippen LogP contribution in [0.15, 0.2) is 27.1 Å². The number of rotatable bonds is 4. The minimum atomic E-state index is -0.0338. The van der Waals surface area contributed by atoms with E-state index in [-0.39, 0.29) is 11.3 Å². The molecule has 0 aromatic heterocycles. The molecule has 2 nitrogen and oxygen atoms in total. The summed E-state index contributed by atoms with van der Waals surface area (Å²) >= 11 is 6.75. The van der Waals surface area contributed by atoms with Crippen LogP contribution in [-0.4, -0.2) is 12.5 Å². The van der Waals surface area contributed by atoms with Crippen molar-refractivity contribution < 1.29 is 4.79 Å². The zero-order valence-corrected chi connectivity index (χ0v) is 13.5. The van der Waals surface area contributed by atoms with Crippen molar-refractivity contribution in [2.24, 2.45) is 5.41 Å². The zero-order valence-electron chi connectivity index (χ0n) is 10.3. The van der Waals surface area contributed by atoms with Crippen LogP contribution in [-0.2, 0) is 0 Å². The molecule has 0 saturated carbocycles. The summed E-state index contributed by atoms with van der Waals surface area (Å²) < 4.78 is 1.79. The highest BCUT2D eigenvalue weighted by atomic mass is 79.9. The van der Waals surface area contributed by atoms with E-state index in [0.29, 0.717) is 12.1 Å². The van der Waals surface area contributed by atoms with Crippen molar-refractivity contribution in [3.05, 3.63) is 32.7 Å². The van der Waals surface area contributed by atoms with Gasteiger partial charge in [0, 0.05) is 21.1 Å². The van der Waals surface area contributed by atoms with Crippen LogP contribution in [0.2, 0.25) is 0 Å². The van der Waals surface area contributed by atoms with E-state index >= 15 is 0 Å². The number of amides is 1. The maximum Gasteiger partial charge on any atom is 0.251 e. The normalized spacial score (nSPS) is 11.4. The van der Waals surface area contributed by atoms with E-state index in [2.05, 4.69) is 57.9 Å². The molecule has 1 N–H and O–H groups in total. The molecule has 1 aromatic carbocycles. The standard InChI is InChI=1S/C13H17Br2NO/c1-4-13(2,3)8-16-12(17)9-5-10(14)7-11(15)6-9/h5-7H,4,8H2,1-3H3,(H,16,17). The average Bonchev–Trinajstić information content (AvgIpc) is 2.24. The highest BCUT2D eigenvalue weighted by Gasteiger charge is 2.17. The van der Waals surface area contributed by atoms with Crippen molar-refractivity contribution in [3.8, 4) is 0 Å². The molecule has 4 heteroatoms. The number of carbonyl (C=O) groups is 1. The van der Waals surface area contributed by atoms with Crippen molar-refractivity contribution in [2.75, 3.05) is 6.54 Å². The van der Waals surface area contributed by atoms with Gasteiger partial charge in [0.1, 0.15) is 0 Å². The molecule has 0 aliphatic rings. The number of benzene rings is 1. The van der Waals surface area contributed by atoms with Crippen molar-refractivity contribution in [1.29, 1.82) is 0 Å². The third-order valence-electron chi connectivity index (χ3n) is 2.81. The highest BCUT2D eigenvalue weighted by molar-refractivity contribution is 9.11. The van der Waals surface area contributed by atoms with Gasteiger partial charge in [-0.3, -0.25) is 4.79 Å². The van der Waals surface area contributed by atoms with Crippen molar-refractivity contribution >= 4 is 37.8 Å². The number of carbonyl (C=O) groups excluding carboxylic acids is 1. The molecule has 0 aliphatic carbocycles. The number of nitrogens with one attached hydrogen (secondary N) is 1.